The highest BCUT2D eigenvalue weighted by Crippen LogP contribution is 2.24. The maximum atomic E-state index is 11.8. The van der Waals surface area contributed by atoms with Crippen LogP contribution >= 0.6 is 0 Å². The summed E-state index contributed by atoms with van der Waals surface area (Å²) in [5.41, 5.74) is 0. The summed E-state index contributed by atoms with van der Waals surface area (Å²) in [6.45, 7) is 0. The van der Waals surface area contributed by atoms with Crippen LogP contribution in [0.25, 0.3) is 0 Å². The Balaban J connectivity index is 1.71. The minimum atomic E-state index is -3.63. The maximum Gasteiger partial charge on any atom is 0.267 e. The number of hydrogen-bond donors (Lipinski definition) is 0. The van der Waals surface area contributed by atoms with Crippen molar-refractivity contribution in [3.63, 3.8) is 0 Å². The summed E-state index contributed by atoms with van der Waals surface area (Å²) in [6.07, 6.45) is 6.60. The van der Waals surface area contributed by atoms with Gasteiger partial charge in [0.05, 0.1) is 23.7 Å². The summed E-state index contributed by atoms with van der Waals surface area (Å²) in [7, 11) is -7.27. The molecule has 0 aromatic rings. The highest BCUT2D eigenvalue weighted by Gasteiger charge is 2.25. The van der Waals surface area contributed by atoms with Crippen molar-refractivity contribution in [2.75, 3.05) is 11.5 Å². The van der Waals surface area contributed by atoms with Crippen molar-refractivity contribution in [2.24, 2.45) is 0 Å². The van der Waals surface area contributed by atoms with Gasteiger partial charge in [0.1, 0.15) is 0 Å². The van der Waals surface area contributed by atoms with E-state index in [-0.39, 0.29) is 30.1 Å². The lowest BCUT2D eigenvalue weighted by Gasteiger charge is -2.12. The van der Waals surface area contributed by atoms with Crippen LogP contribution in [0.5, 0.6) is 0 Å². The van der Waals surface area contributed by atoms with Crippen LogP contribution in [-0.4, -0.2) is 40.5 Å². The van der Waals surface area contributed by atoms with Crippen LogP contribution in [0.3, 0.4) is 0 Å². The predicted molar refractivity (Wildman–Crippen MR) is 78.9 cm³/mol. The zero-order valence-corrected chi connectivity index (χ0v) is 13.8. The zero-order chi connectivity index (χ0) is 15.3. The lowest BCUT2D eigenvalue weighted by atomic mass is 10.3. The van der Waals surface area contributed by atoms with Gasteiger partial charge in [-0.25, -0.2) is 0 Å². The molecule has 2 fully saturated rings. The largest absolute Gasteiger partial charge is 0.267 e. The van der Waals surface area contributed by atoms with Gasteiger partial charge in [0.15, 0.2) is 0 Å². The smallest absolute Gasteiger partial charge is 0.267 e. The number of rotatable bonds is 8. The Kier molecular flexibility index (Phi) is 6.05. The molecule has 0 bridgehead atoms. The molecule has 2 saturated carbocycles. The summed E-state index contributed by atoms with van der Waals surface area (Å²) in [6, 6.07) is 0. The summed E-state index contributed by atoms with van der Waals surface area (Å²) in [4.78, 5) is 0. The van der Waals surface area contributed by atoms with Gasteiger partial charge >= 0.3 is 0 Å². The van der Waals surface area contributed by atoms with E-state index in [4.69, 9.17) is 8.37 Å². The molecule has 0 aromatic carbocycles. The van der Waals surface area contributed by atoms with Crippen molar-refractivity contribution in [3.8, 4) is 0 Å². The van der Waals surface area contributed by atoms with Crippen LogP contribution in [-0.2, 0) is 28.6 Å². The molecule has 0 radical (unpaired) electrons. The zero-order valence-electron chi connectivity index (χ0n) is 12.2. The molecule has 8 heteroatoms. The van der Waals surface area contributed by atoms with Gasteiger partial charge in [-0.2, -0.15) is 16.8 Å². The quantitative estimate of drug-likeness (QED) is 0.628. The van der Waals surface area contributed by atoms with E-state index in [0.717, 1.165) is 51.4 Å². The highest BCUT2D eigenvalue weighted by molar-refractivity contribution is 7.87. The second-order valence-corrected chi connectivity index (χ2v) is 9.31. The standard InChI is InChI=1S/C13H24O6S2/c14-20(15,18-12-6-1-2-7-12)10-5-11-21(16,17)19-13-8-3-4-9-13/h12-13H,1-11H2. The Morgan fingerprint density at radius 2 is 1.00 bits per heavy atom. The normalized spacial score (nSPS) is 22.1. The first-order valence-electron chi connectivity index (χ1n) is 7.68. The molecule has 0 aliphatic heterocycles. The molecule has 21 heavy (non-hydrogen) atoms. The Morgan fingerprint density at radius 3 is 1.33 bits per heavy atom. The van der Waals surface area contributed by atoms with Crippen molar-refractivity contribution in [1.82, 2.24) is 0 Å². The van der Waals surface area contributed by atoms with Crippen LogP contribution in [0.15, 0.2) is 0 Å². The Bertz CT molecular complexity index is 465. The van der Waals surface area contributed by atoms with Crippen LogP contribution in [0.4, 0.5) is 0 Å². The van der Waals surface area contributed by atoms with E-state index in [2.05, 4.69) is 0 Å². The van der Waals surface area contributed by atoms with Crippen LogP contribution in [0.2, 0.25) is 0 Å². The first-order valence-corrected chi connectivity index (χ1v) is 10.8. The minimum Gasteiger partial charge on any atom is -0.267 e. The molecule has 0 saturated heterocycles. The third-order valence-corrected chi connectivity index (χ3v) is 6.67. The Morgan fingerprint density at radius 1 is 0.667 bits per heavy atom. The lowest BCUT2D eigenvalue weighted by Crippen LogP contribution is -2.22. The lowest BCUT2D eigenvalue weighted by molar-refractivity contribution is 0.216. The molecule has 124 valence electrons. The van der Waals surface area contributed by atoms with E-state index >= 15 is 0 Å². The van der Waals surface area contributed by atoms with E-state index in [9.17, 15) is 16.8 Å². The van der Waals surface area contributed by atoms with E-state index < -0.39 is 20.2 Å². The summed E-state index contributed by atoms with van der Waals surface area (Å²) in [5.74, 6) is -0.534. The third kappa shape index (κ3) is 6.22. The van der Waals surface area contributed by atoms with Crippen molar-refractivity contribution >= 4 is 20.2 Å². The maximum absolute atomic E-state index is 11.8. The van der Waals surface area contributed by atoms with Crippen molar-refractivity contribution in [3.05, 3.63) is 0 Å². The third-order valence-electron chi connectivity index (χ3n) is 3.96. The van der Waals surface area contributed by atoms with Gasteiger partial charge in [0.25, 0.3) is 20.2 Å². The van der Waals surface area contributed by atoms with E-state index in [1.165, 1.54) is 0 Å². The minimum absolute atomic E-state index is 0.0180. The first-order chi connectivity index (χ1) is 9.86. The molecule has 0 aromatic heterocycles. The van der Waals surface area contributed by atoms with Crippen LogP contribution < -0.4 is 0 Å². The summed E-state index contributed by atoms with van der Waals surface area (Å²) in [5, 5.41) is 0. The molecule has 2 aliphatic carbocycles. The van der Waals surface area contributed by atoms with E-state index in [0.29, 0.717) is 0 Å². The average Bonchev–Trinajstić information content (AvgIpc) is 3.00. The highest BCUT2D eigenvalue weighted by atomic mass is 32.2. The van der Waals surface area contributed by atoms with Gasteiger partial charge in [-0.3, -0.25) is 8.37 Å². The second kappa shape index (κ2) is 7.39. The molecule has 0 heterocycles. The fourth-order valence-corrected chi connectivity index (χ4v) is 5.48. The van der Waals surface area contributed by atoms with Gasteiger partial charge in [-0.1, -0.05) is 25.7 Å². The SMILES string of the molecule is O=S(=O)(CCCS(=O)(=O)OC1CCCC1)OC1CCCC1. The molecular formula is C13H24O6S2. The Labute approximate surface area is 127 Å². The van der Waals surface area contributed by atoms with E-state index in [1.54, 1.807) is 0 Å². The van der Waals surface area contributed by atoms with Crippen molar-refractivity contribution < 1.29 is 25.2 Å². The van der Waals surface area contributed by atoms with Gasteiger partial charge in [0.2, 0.25) is 0 Å². The fourth-order valence-electron chi connectivity index (χ4n) is 2.89. The number of hydrogen-bond acceptors (Lipinski definition) is 6. The van der Waals surface area contributed by atoms with Crippen LogP contribution in [0.1, 0.15) is 57.8 Å². The fraction of sp³-hybridized carbons (Fsp3) is 1.00. The second-order valence-electron chi connectivity index (χ2n) is 5.88. The molecule has 0 unspecified atom stereocenters. The average molecular weight is 340 g/mol. The molecular weight excluding hydrogens is 316 g/mol. The first kappa shape index (κ1) is 17.2. The molecule has 2 rings (SSSR count). The Hall–Kier alpha value is -0.180. The molecule has 2 aliphatic rings. The predicted octanol–water partition coefficient (Wildman–Crippen LogP) is 1.95. The summed E-state index contributed by atoms with van der Waals surface area (Å²) >= 11 is 0. The molecule has 0 atom stereocenters. The van der Waals surface area contributed by atoms with Gasteiger partial charge in [-0.15, -0.1) is 0 Å². The van der Waals surface area contributed by atoms with Gasteiger partial charge < -0.3 is 0 Å². The summed E-state index contributed by atoms with van der Waals surface area (Å²) < 4.78 is 57.2. The molecule has 0 spiro atoms. The van der Waals surface area contributed by atoms with Crippen molar-refractivity contribution in [1.29, 1.82) is 0 Å². The van der Waals surface area contributed by atoms with Gasteiger partial charge in [-0.05, 0) is 32.1 Å². The van der Waals surface area contributed by atoms with Gasteiger partial charge in [0, 0.05) is 0 Å². The van der Waals surface area contributed by atoms with E-state index in [1.807, 2.05) is 0 Å². The van der Waals surface area contributed by atoms with Crippen LogP contribution in [0, 0.1) is 0 Å². The topological polar surface area (TPSA) is 86.7 Å². The van der Waals surface area contributed by atoms with Crippen molar-refractivity contribution in [2.45, 2.75) is 70.0 Å². The molecule has 0 amide bonds. The molecule has 0 N–H and O–H groups in total. The monoisotopic (exact) mass is 340 g/mol. The molecule has 6 nitrogen and oxygen atoms in total.